The minimum Gasteiger partial charge on any atom is -0.335 e. The summed E-state index contributed by atoms with van der Waals surface area (Å²) in [7, 11) is 0. The molecule has 4 heteroatoms. The van der Waals surface area contributed by atoms with Crippen molar-refractivity contribution in [2.75, 3.05) is 6.54 Å². The van der Waals surface area contributed by atoms with Crippen LogP contribution in [0.4, 0.5) is 4.79 Å². The van der Waals surface area contributed by atoms with Gasteiger partial charge in [0.05, 0.1) is 0 Å². The molecule has 0 spiro atoms. The lowest BCUT2D eigenvalue weighted by Gasteiger charge is -2.07. The fourth-order valence-electron chi connectivity index (χ4n) is 1.04. The van der Waals surface area contributed by atoms with Crippen LogP contribution in [-0.4, -0.2) is 12.6 Å². The summed E-state index contributed by atoms with van der Waals surface area (Å²) in [5.74, 6) is 0. The molecule has 80 valence electrons. The summed E-state index contributed by atoms with van der Waals surface area (Å²) >= 11 is 3.41. The maximum atomic E-state index is 11.2. The van der Waals surface area contributed by atoms with Crippen molar-refractivity contribution in [3.8, 4) is 0 Å². The molecule has 3 nitrogen and oxygen atoms in total. The molecule has 0 saturated carbocycles. The van der Waals surface area contributed by atoms with Crippen LogP contribution in [0.3, 0.4) is 0 Å². The number of hydrogen-bond acceptors (Lipinski definition) is 1. The number of carbonyl (C=O) groups is 1. The second-order valence-electron chi connectivity index (χ2n) is 2.94. The van der Waals surface area contributed by atoms with E-state index < -0.39 is 0 Å². The van der Waals surface area contributed by atoms with Crippen LogP contribution >= 0.6 is 15.9 Å². The molecule has 0 radical (unpaired) electrons. The quantitative estimate of drug-likeness (QED) is 0.810. The summed E-state index contributed by atoms with van der Waals surface area (Å²) in [5.41, 5.74) is 1.05. The van der Waals surface area contributed by atoms with Crippen LogP contribution in [0.1, 0.15) is 5.56 Å². The summed E-state index contributed by atoms with van der Waals surface area (Å²) in [6, 6.07) is 7.58. The van der Waals surface area contributed by atoms with Gasteiger partial charge in [-0.15, -0.1) is 6.58 Å². The van der Waals surface area contributed by atoms with Crippen molar-refractivity contribution in [3.63, 3.8) is 0 Å². The molecule has 0 fully saturated rings. The number of hydrogen-bond donors (Lipinski definition) is 2. The average Bonchev–Trinajstić information content (AvgIpc) is 2.25. The third-order valence-corrected chi connectivity index (χ3v) is 2.58. The van der Waals surface area contributed by atoms with Gasteiger partial charge in [-0.25, -0.2) is 4.79 Å². The Kier molecular flexibility index (Phi) is 4.90. The number of amides is 2. The van der Waals surface area contributed by atoms with Crippen LogP contribution in [0, 0.1) is 0 Å². The highest BCUT2D eigenvalue weighted by Gasteiger charge is 2.00. The highest BCUT2D eigenvalue weighted by Crippen LogP contribution is 2.14. The van der Waals surface area contributed by atoms with Gasteiger partial charge in [0, 0.05) is 17.6 Å². The standard InChI is InChI=1S/C11H13BrN2O/c1-2-7-13-11(15)14-8-9-5-3-4-6-10(9)12/h2-6H,1,7-8H2,(H2,13,14,15). The van der Waals surface area contributed by atoms with Crippen molar-refractivity contribution in [1.82, 2.24) is 10.6 Å². The number of halogens is 1. The van der Waals surface area contributed by atoms with E-state index in [9.17, 15) is 4.79 Å². The van der Waals surface area contributed by atoms with Gasteiger partial charge in [0.15, 0.2) is 0 Å². The van der Waals surface area contributed by atoms with E-state index in [4.69, 9.17) is 0 Å². The first-order valence-corrected chi connectivity index (χ1v) is 5.39. The summed E-state index contributed by atoms with van der Waals surface area (Å²) in [4.78, 5) is 11.2. The van der Waals surface area contributed by atoms with Gasteiger partial charge in [0.1, 0.15) is 0 Å². The predicted octanol–water partition coefficient (Wildman–Crippen LogP) is 2.43. The number of carbonyl (C=O) groups excluding carboxylic acids is 1. The Hall–Kier alpha value is -1.29. The highest BCUT2D eigenvalue weighted by molar-refractivity contribution is 9.10. The van der Waals surface area contributed by atoms with Crippen molar-refractivity contribution >= 4 is 22.0 Å². The Balaban J connectivity index is 2.40. The lowest BCUT2D eigenvalue weighted by Crippen LogP contribution is -2.35. The minimum atomic E-state index is -0.189. The third-order valence-electron chi connectivity index (χ3n) is 1.80. The zero-order chi connectivity index (χ0) is 11.1. The van der Waals surface area contributed by atoms with E-state index in [1.54, 1.807) is 6.08 Å². The Bertz CT molecular complexity index is 352. The Morgan fingerprint density at radius 3 is 2.80 bits per heavy atom. The van der Waals surface area contributed by atoms with Crippen LogP contribution < -0.4 is 10.6 Å². The first-order valence-electron chi connectivity index (χ1n) is 4.60. The van der Waals surface area contributed by atoms with E-state index >= 15 is 0 Å². The number of rotatable bonds is 4. The monoisotopic (exact) mass is 268 g/mol. The van der Waals surface area contributed by atoms with Gasteiger partial charge in [0.2, 0.25) is 0 Å². The molecule has 0 aliphatic heterocycles. The van der Waals surface area contributed by atoms with Gasteiger partial charge in [-0.3, -0.25) is 0 Å². The second kappa shape index (κ2) is 6.24. The molecule has 0 aliphatic carbocycles. The van der Waals surface area contributed by atoms with E-state index in [1.165, 1.54) is 0 Å². The van der Waals surface area contributed by atoms with Crippen molar-refractivity contribution in [2.45, 2.75) is 6.54 Å². The number of benzene rings is 1. The van der Waals surface area contributed by atoms with Gasteiger partial charge in [-0.1, -0.05) is 40.2 Å². The topological polar surface area (TPSA) is 41.1 Å². The lowest BCUT2D eigenvalue weighted by molar-refractivity contribution is 0.241. The summed E-state index contributed by atoms with van der Waals surface area (Å²) < 4.78 is 0.994. The normalized spacial score (nSPS) is 9.40. The van der Waals surface area contributed by atoms with Gasteiger partial charge in [-0.2, -0.15) is 0 Å². The Morgan fingerprint density at radius 1 is 1.40 bits per heavy atom. The SMILES string of the molecule is C=CCNC(=O)NCc1ccccc1Br. The lowest BCUT2D eigenvalue weighted by atomic mass is 10.2. The zero-order valence-electron chi connectivity index (χ0n) is 8.29. The van der Waals surface area contributed by atoms with Crippen molar-refractivity contribution in [3.05, 3.63) is 47.0 Å². The molecule has 0 heterocycles. The van der Waals surface area contributed by atoms with E-state index in [2.05, 4.69) is 33.1 Å². The van der Waals surface area contributed by atoms with E-state index in [-0.39, 0.29) is 6.03 Å². The van der Waals surface area contributed by atoms with Crippen molar-refractivity contribution in [2.24, 2.45) is 0 Å². The number of urea groups is 1. The van der Waals surface area contributed by atoms with Gasteiger partial charge in [0.25, 0.3) is 0 Å². The highest BCUT2D eigenvalue weighted by atomic mass is 79.9. The molecular formula is C11H13BrN2O. The molecule has 0 bridgehead atoms. The molecule has 1 aromatic carbocycles. The minimum absolute atomic E-state index is 0.189. The van der Waals surface area contributed by atoms with Crippen molar-refractivity contribution in [1.29, 1.82) is 0 Å². The zero-order valence-corrected chi connectivity index (χ0v) is 9.88. The van der Waals surface area contributed by atoms with Gasteiger partial charge < -0.3 is 10.6 Å². The molecule has 1 aromatic rings. The fourth-order valence-corrected chi connectivity index (χ4v) is 1.47. The molecule has 0 saturated heterocycles. The van der Waals surface area contributed by atoms with Crippen LogP contribution in [0.2, 0.25) is 0 Å². The second-order valence-corrected chi connectivity index (χ2v) is 3.80. The maximum Gasteiger partial charge on any atom is 0.315 e. The first kappa shape index (κ1) is 11.8. The number of nitrogens with one attached hydrogen (secondary N) is 2. The third kappa shape index (κ3) is 4.16. The van der Waals surface area contributed by atoms with Gasteiger partial charge in [-0.05, 0) is 11.6 Å². The molecule has 15 heavy (non-hydrogen) atoms. The largest absolute Gasteiger partial charge is 0.335 e. The van der Waals surface area contributed by atoms with Crippen LogP contribution in [0.25, 0.3) is 0 Å². The molecule has 0 atom stereocenters. The van der Waals surface area contributed by atoms with Crippen LogP contribution in [0.15, 0.2) is 41.4 Å². The van der Waals surface area contributed by atoms with E-state index in [0.29, 0.717) is 13.1 Å². The Labute approximate surface area is 97.7 Å². The van der Waals surface area contributed by atoms with Gasteiger partial charge >= 0.3 is 6.03 Å². The summed E-state index contributed by atoms with van der Waals surface area (Å²) in [6.45, 7) is 4.49. The molecule has 0 aliphatic rings. The predicted molar refractivity (Wildman–Crippen MR) is 64.6 cm³/mol. The molecule has 1 rings (SSSR count). The van der Waals surface area contributed by atoms with Crippen molar-refractivity contribution < 1.29 is 4.79 Å². The molecule has 0 unspecified atom stereocenters. The Morgan fingerprint density at radius 2 is 2.13 bits per heavy atom. The van der Waals surface area contributed by atoms with E-state index in [1.807, 2.05) is 24.3 Å². The molecule has 2 amide bonds. The average molecular weight is 269 g/mol. The fraction of sp³-hybridized carbons (Fsp3) is 0.182. The van der Waals surface area contributed by atoms with Crippen LogP contribution in [0.5, 0.6) is 0 Å². The van der Waals surface area contributed by atoms with E-state index in [0.717, 1.165) is 10.0 Å². The maximum absolute atomic E-state index is 11.2. The van der Waals surface area contributed by atoms with Crippen LogP contribution in [-0.2, 0) is 6.54 Å². The molecule has 0 aromatic heterocycles. The smallest absolute Gasteiger partial charge is 0.315 e. The molecular weight excluding hydrogens is 256 g/mol. The summed E-state index contributed by atoms with van der Waals surface area (Å²) in [6.07, 6.45) is 1.64. The summed E-state index contributed by atoms with van der Waals surface area (Å²) in [5, 5.41) is 5.39. The molecule has 2 N–H and O–H groups in total. The first-order chi connectivity index (χ1) is 7.24.